The molecule has 33 heavy (non-hydrogen) atoms. The maximum Gasteiger partial charge on any atom is 0.251 e. The third-order valence-corrected chi connectivity index (χ3v) is 6.73. The van der Waals surface area contributed by atoms with E-state index in [2.05, 4.69) is 29.5 Å². The molecule has 0 unspecified atom stereocenters. The first-order chi connectivity index (χ1) is 16.1. The van der Waals surface area contributed by atoms with Crippen LogP contribution in [-0.4, -0.2) is 23.3 Å². The van der Waals surface area contributed by atoms with Crippen LogP contribution in [-0.2, 0) is 4.79 Å². The third kappa shape index (κ3) is 5.78. The molecule has 1 fully saturated rings. The smallest absolute Gasteiger partial charge is 0.251 e. The van der Waals surface area contributed by atoms with Gasteiger partial charge in [0.1, 0.15) is 0 Å². The highest BCUT2D eigenvalue weighted by Crippen LogP contribution is 2.48. The molecule has 0 spiro atoms. The van der Waals surface area contributed by atoms with Crippen LogP contribution in [0.5, 0.6) is 0 Å². The number of unbranched alkanes of at least 4 members (excludes halogenated alkanes) is 1. The largest absolute Gasteiger partial charge is 0.352 e. The van der Waals surface area contributed by atoms with Crippen molar-refractivity contribution < 1.29 is 9.59 Å². The zero-order valence-electron chi connectivity index (χ0n) is 19.5. The number of rotatable bonds is 10. The molecule has 172 valence electrons. The van der Waals surface area contributed by atoms with Crippen LogP contribution in [0.25, 0.3) is 10.8 Å². The average Bonchev–Trinajstić information content (AvgIpc) is 3.65. The van der Waals surface area contributed by atoms with Crippen molar-refractivity contribution in [2.75, 3.05) is 11.9 Å². The molecular formula is C28H33N3O2. The molecule has 3 aromatic rings. The van der Waals surface area contributed by atoms with Crippen molar-refractivity contribution in [3.8, 4) is 0 Å². The van der Waals surface area contributed by atoms with Crippen molar-refractivity contribution in [3.63, 3.8) is 0 Å². The number of nitrogens with one attached hydrogen (secondary N) is 2. The summed E-state index contributed by atoms with van der Waals surface area (Å²) in [5.74, 6) is 0.756. The van der Waals surface area contributed by atoms with Gasteiger partial charge in [-0.3, -0.25) is 14.6 Å². The monoisotopic (exact) mass is 443 g/mol. The Morgan fingerprint density at radius 3 is 2.64 bits per heavy atom. The summed E-state index contributed by atoms with van der Waals surface area (Å²) in [7, 11) is 0. The zero-order valence-corrected chi connectivity index (χ0v) is 19.5. The quantitative estimate of drug-likeness (QED) is 0.408. The van der Waals surface area contributed by atoms with Gasteiger partial charge in [0, 0.05) is 41.5 Å². The number of nitrogens with zero attached hydrogens (tertiary/aromatic N) is 1. The molecule has 0 aliphatic heterocycles. The molecule has 0 radical (unpaired) electrons. The number of amides is 2. The summed E-state index contributed by atoms with van der Waals surface area (Å²) in [5.41, 5.74) is 2.60. The Labute approximate surface area is 196 Å². The number of fused-ring (bicyclic) bond motifs is 1. The summed E-state index contributed by atoms with van der Waals surface area (Å²) in [6.07, 6.45) is 9.04. The molecule has 1 heterocycles. The van der Waals surface area contributed by atoms with Crippen LogP contribution in [0.4, 0.5) is 5.69 Å². The lowest BCUT2D eigenvalue weighted by molar-refractivity contribution is -0.117. The van der Waals surface area contributed by atoms with E-state index >= 15 is 0 Å². The van der Waals surface area contributed by atoms with Gasteiger partial charge in [-0.25, -0.2) is 0 Å². The number of aromatic nitrogens is 1. The van der Waals surface area contributed by atoms with E-state index in [1.165, 1.54) is 12.8 Å². The normalized spacial score (nSPS) is 18.0. The number of carbonyl (C=O) groups excluding carboxylic acids is 2. The van der Waals surface area contributed by atoms with Gasteiger partial charge in [-0.1, -0.05) is 51.3 Å². The second kappa shape index (κ2) is 10.6. The minimum atomic E-state index is -0.0262. The molecule has 1 aliphatic carbocycles. The van der Waals surface area contributed by atoms with E-state index in [1.54, 1.807) is 6.20 Å². The predicted octanol–water partition coefficient (Wildman–Crippen LogP) is 5.92. The second-order valence-electron chi connectivity index (χ2n) is 9.12. The van der Waals surface area contributed by atoms with E-state index in [4.69, 9.17) is 0 Å². The molecular weight excluding hydrogens is 410 g/mol. The fraction of sp³-hybridized carbons (Fsp3) is 0.393. The first-order valence-corrected chi connectivity index (χ1v) is 12.1. The van der Waals surface area contributed by atoms with E-state index in [1.807, 2.05) is 54.7 Å². The van der Waals surface area contributed by atoms with Gasteiger partial charge < -0.3 is 10.6 Å². The highest BCUT2D eigenvalue weighted by atomic mass is 16.2. The van der Waals surface area contributed by atoms with Crippen LogP contribution >= 0.6 is 0 Å². The maximum absolute atomic E-state index is 12.7. The van der Waals surface area contributed by atoms with Crippen LogP contribution in [0.1, 0.15) is 67.8 Å². The lowest BCUT2D eigenvalue weighted by Crippen LogP contribution is -2.29. The number of hydrogen-bond donors (Lipinski definition) is 2. The standard InChI is InChI=1S/C28H33N3O2/c1-3-5-6-19(4-2)17-30-27(32)21-9-7-20(8-10-21)25-16-26(25)28(33)31-24-12-11-23-18-29-14-13-22(23)15-24/h7-15,18-19,25-26H,3-6,16-17H2,1-2H3,(H,30,32)(H,31,33)/t19-,25-,26+/m0/s1. The van der Waals surface area contributed by atoms with Gasteiger partial charge in [0.2, 0.25) is 5.91 Å². The zero-order chi connectivity index (χ0) is 23.2. The number of pyridine rings is 1. The first kappa shape index (κ1) is 23.0. The maximum atomic E-state index is 12.7. The van der Waals surface area contributed by atoms with E-state index < -0.39 is 0 Å². The van der Waals surface area contributed by atoms with Crippen LogP contribution in [0.15, 0.2) is 60.9 Å². The lowest BCUT2D eigenvalue weighted by atomic mass is 9.99. The Morgan fingerprint density at radius 2 is 1.88 bits per heavy atom. The summed E-state index contributed by atoms with van der Waals surface area (Å²) in [5, 5.41) is 8.24. The third-order valence-electron chi connectivity index (χ3n) is 6.73. The van der Waals surface area contributed by atoms with Crippen molar-refractivity contribution in [3.05, 3.63) is 72.1 Å². The average molecular weight is 444 g/mol. The van der Waals surface area contributed by atoms with Crippen LogP contribution in [0, 0.1) is 11.8 Å². The molecule has 4 rings (SSSR count). The van der Waals surface area contributed by atoms with Crippen molar-refractivity contribution in [2.24, 2.45) is 11.8 Å². The Morgan fingerprint density at radius 1 is 1.06 bits per heavy atom. The topological polar surface area (TPSA) is 71.1 Å². The molecule has 2 N–H and O–H groups in total. The fourth-order valence-electron chi connectivity index (χ4n) is 4.41. The van der Waals surface area contributed by atoms with Gasteiger partial charge in [-0.15, -0.1) is 0 Å². The van der Waals surface area contributed by atoms with Gasteiger partial charge in [0.15, 0.2) is 0 Å². The highest BCUT2D eigenvalue weighted by Gasteiger charge is 2.43. The number of carbonyl (C=O) groups is 2. The van der Waals surface area contributed by atoms with E-state index in [0.717, 1.165) is 47.8 Å². The van der Waals surface area contributed by atoms with E-state index in [9.17, 15) is 9.59 Å². The summed E-state index contributed by atoms with van der Waals surface area (Å²) in [6, 6.07) is 15.5. The Kier molecular flexibility index (Phi) is 7.38. The Balaban J connectivity index is 1.29. The van der Waals surface area contributed by atoms with Crippen LogP contribution < -0.4 is 10.6 Å². The predicted molar refractivity (Wildman–Crippen MR) is 133 cm³/mol. The highest BCUT2D eigenvalue weighted by molar-refractivity contribution is 5.97. The Bertz CT molecular complexity index is 1110. The van der Waals surface area contributed by atoms with Crippen LogP contribution in [0.2, 0.25) is 0 Å². The molecule has 1 aliphatic rings. The number of benzene rings is 2. The van der Waals surface area contributed by atoms with Gasteiger partial charge in [0.05, 0.1) is 0 Å². The minimum absolute atomic E-state index is 0.0203. The van der Waals surface area contributed by atoms with Gasteiger partial charge in [-0.2, -0.15) is 0 Å². The lowest BCUT2D eigenvalue weighted by Gasteiger charge is -2.15. The first-order valence-electron chi connectivity index (χ1n) is 12.1. The van der Waals surface area contributed by atoms with E-state index in [-0.39, 0.29) is 23.7 Å². The number of hydrogen-bond acceptors (Lipinski definition) is 3. The molecule has 2 aromatic carbocycles. The van der Waals surface area contributed by atoms with Crippen molar-refractivity contribution in [1.29, 1.82) is 0 Å². The molecule has 1 saturated carbocycles. The molecule has 2 amide bonds. The van der Waals surface area contributed by atoms with Gasteiger partial charge in [-0.05, 0) is 66.0 Å². The molecule has 5 nitrogen and oxygen atoms in total. The van der Waals surface area contributed by atoms with Gasteiger partial charge >= 0.3 is 0 Å². The van der Waals surface area contributed by atoms with Gasteiger partial charge in [0.25, 0.3) is 5.91 Å². The molecule has 1 aromatic heterocycles. The Hall–Kier alpha value is -3.21. The molecule has 0 bridgehead atoms. The summed E-state index contributed by atoms with van der Waals surface area (Å²) in [4.78, 5) is 29.4. The summed E-state index contributed by atoms with van der Waals surface area (Å²) < 4.78 is 0. The minimum Gasteiger partial charge on any atom is -0.352 e. The SMILES string of the molecule is CCCC[C@H](CC)CNC(=O)c1ccc([C@@H]2C[C@H]2C(=O)Nc2ccc3cnccc3c2)cc1. The summed E-state index contributed by atoms with van der Waals surface area (Å²) >= 11 is 0. The fourth-order valence-corrected chi connectivity index (χ4v) is 4.41. The van der Waals surface area contributed by atoms with Crippen LogP contribution in [0.3, 0.4) is 0 Å². The summed E-state index contributed by atoms with van der Waals surface area (Å²) in [6.45, 7) is 5.11. The molecule has 3 atom stereocenters. The van der Waals surface area contributed by atoms with Crippen molar-refractivity contribution in [2.45, 2.75) is 51.9 Å². The van der Waals surface area contributed by atoms with E-state index in [0.29, 0.717) is 11.5 Å². The molecule has 0 saturated heterocycles. The second-order valence-corrected chi connectivity index (χ2v) is 9.12. The number of anilines is 1. The van der Waals surface area contributed by atoms with Crippen molar-refractivity contribution >= 4 is 28.3 Å². The van der Waals surface area contributed by atoms with Crippen molar-refractivity contribution in [1.82, 2.24) is 10.3 Å². The molecule has 5 heteroatoms.